The summed E-state index contributed by atoms with van der Waals surface area (Å²) in [6.45, 7) is 5.68. The van der Waals surface area contributed by atoms with E-state index in [1.165, 1.54) is 0 Å². The molecule has 0 aliphatic rings. The third-order valence-electron chi connectivity index (χ3n) is 3.35. The van der Waals surface area contributed by atoms with Gasteiger partial charge in [0.2, 0.25) is 0 Å². The van der Waals surface area contributed by atoms with Gasteiger partial charge in [0.1, 0.15) is 5.78 Å². The van der Waals surface area contributed by atoms with E-state index < -0.39 is 0 Å². The lowest BCUT2D eigenvalue weighted by Crippen LogP contribution is -2.27. The summed E-state index contributed by atoms with van der Waals surface area (Å²) in [4.78, 5) is 16.5. The SMILES string of the molecule is CCNCC(C)C(=O)Cc1ccnc2ccccc12. The zero-order valence-corrected chi connectivity index (χ0v) is 11.5. The molecule has 3 nitrogen and oxygen atoms in total. The number of para-hydroxylation sites is 1. The van der Waals surface area contributed by atoms with Crippen molar-refractivity contribution >= 4 is 16.7 Å². The van der Waals surface area contributed by atoms with Crippen molar-refractivity contribution in [3.8, 4) is 0 Å². The minimum absolute atomic E-state index is 0.0480. The average molecular weight is 256 g/mol. The highest BCUT2D eigenvalue weighted by atomic mass is 16.1. The molecule has 2 aromatic rings. The molecule has 1 aromatic heterocycles. The van der Waals surface area contributed by atoms with E-state index in [1.807, 2.05) is 44.2 Å². The molecule has 3 heteroatoms. The highest BCUT2D eigenvalue weighted by Crippen LogP contribution is 2.17. The van der Waals surface area contributed by atoms with E-state index in [4.69, 9.17) is 0 Å². The molecule has 0 saturated heterocycles. The molecule has 1 aromatic carbocycles. The Balaban J connectivity index is 2.15. The predicted molar refractivity (Wildman–Crippen MR) is 78.2 cm³/mol. The van der Waals surface area contributed by atoms with Crippen LogP contribution in [-0.2, 0) is 11.2 Å². The maximum absolute atomic E-state index is 12.2. The number of carbonyl (C=O) groups excluding carboxylic acids is 1. The Morgan fingerprint density at radius 3 is 2.89 bits per heavy atom. The molecule has 0 aliphatic carbocycles. The van der Waals surface area contributed by atoms with Gasteiger partial charge in [0.25, 0.3) is 0 Å². The number of nitrogens with zero attached hydrogens (tertiary/aromatic N) is 1. The van der Waals surface area contributed by atoms with Crippen molar-refractivity contribution < 1.29 is 4.79 Å². The summed E-state index contributed by atoms with van der Waals surface area (Å²) in [6, 6.07) is 9.90. The molecule has 1 N–H and O–H groups in total. The normalized spacial score (nSPS) is 12.5. The summed E-state index contributed by atoms with van der Waals surface area (Å²) in [5, 5.41) is 4.30. The number of benzene rings is 1. The van der Waals surface area contributed by atoms with Gasteiger partial charge in [-0.25, -0.2) is 0 Å². The molecule has 0 bridgehead atoms. The van der Waals surface area contributed by atoms with Gasteiger partial charge in [0.05, 0.1) is 5.52 Å². The van der Waals surface area contributed by atoms with Crippen LogP contribution >= 0.6 is 0 Å². The zero-order chi connectivity index (χ0) is 13.7. The number of hydrogen-bond acceptors (Lipinski definition) is 3. The Morgan fingerprint density at radius 2 is 2.11 bits per heavy atom. The van der Waals surface area contributed by atoms with E-state index in [0.717, 1.165) is 29.6 Å². The standard InChI is InChI=1S/C16H20N2O/c1-3-17-11-12(2)16(19)10-13-8-9-18-15-7-5-4-6-14(13)15/h4-9,12,17H,3,10-11H2,1-2H3. The van der Waals surface area contributed by atoms with E-state index in [-0.39, 0.29) is 11.7 Å². The first-order valence-electron chi connectivity index (χ1n) is 6.78. The van der Waals surface area contributed by atoms with Crippen LogP contribution in [0.1, 0.15) is 19.4 Å². The van der Waals surface area contributed by atoms with Gasteiger partial charge in [-0.15, -0.1) is 0 Å². The zero-order valence-electron chi connectivity index (χ0n) is 11.5. The molecule has 100 valence electrons. The molecule has 1 heterocycles. The summed E-state index contributed by atoms with van der Waals surface area (Å²) in [7, 11) is 0. The summed E-state index contributed by atoms with van der Waals surface area (Å²) >= 11 is 0. The van der Waals surface area contributed by atoms with Crippen molar-refractivity contribution in [2.45, 2.75) is 20.3 Å². The average Bonchev–Trinajstić information content (AvgIpc) is 2.45. The van der Waals surface area contributed by atoms with Gasteiger partial charge < -0.3 is 5.32 Å². The van der Waals surface area contributed by atoms with Crippen molar-refractivity contribution in [3.05, 3.63) is 42.1 Å². The molecule has 2 rings (SSSR count). The van der Waals surface area contributed by atoms with Crippen LogP contribution in [0.5, 0.6) is 0 Å². The Bertz CT molecular complexity index is 560. The van der Waals surface area contributed by atoms with Crippen molar-refractivity contribution in [2.75, 3.05) is 13.1 Å². The van der Waals surface area contributed by atoms with Crippen LogP contribution in [0.2, 0.25) is 0 Å². The molecule has 1 unspecified atom stereocenters. The fraction of sp³-hybridized carbons (Fsp3) is 0.375. The molecule has 0 amide bonds. The predicted octanol–water partition coefficient (Wildman–Crippen LogP) is 2.59. The molecule has 0 aliphatic heterocycles. The van der Waals surface area contributed by atoms with Crippen molar-refractivity contribution in [1.82, 2.24) is 10.3 Å². The Morgan fingerprint density at radius 1 is 1.32 bits per heavy atom. The number of aromatic nitrogens is 1. The van der Waals surface area contributed by atoms with Gasteiger partial charge >= 0.3 is 0 Å². The maximum Gasteiger partial charge on any atom is 0.141 e. The van der Waals surface area contributed by atoms with E-state index in [9.17, 15) is 4.79 Å². The highest BCUT2D eigenvalue weighted by molar-refractivity contribution is 5.89. The summed E-state index contributed by atoms with van der Waals surface area (Å²) in [5.41, 5.74) is 2.02. The smallest absolute Gasteiger partial charge is 0.141 e. The van der Waals surface area contributed by atoms with Gasteiger partial charge in [-0.2, -0.15) is 0 Å². The van der Waals surface area contributed by atoms with Crippen LogP contribution in [-0.4, -0.2) is 23.9 Å². The molecule has 0 fully saturated rings. The second-order valence-corrected chi connectivity index (χ2v) is 4.84. The quantitative estimate of drug-likeness (QED) is 0.863. The first-order valence-corrected chi connectivity index (χ1v) is 6.78. The van der Waals surface area contributed by atoms with Crippen LogP contribution < -0.4 is 5.32 Å². The van der Waals surface area contributed by atoms with Gasteiger partial charge in [-0.05, 0) is 24.2 Å². The lowest BCUT2D eigenvalue weighted by molar-refractivity contribution is -0.121. The van der Waals surface area contributed by atoms with Gasteiger partial charge in [0, 0.05) is 30.5 Å². The molecular weight excluding hydrogens is 236 g/mol. The Kier molecular flexibility index (Phi) is 4.63. The number of hydrogen-bond donors (Lipinski definition) is 1. The van der Waals surface area contributed by atoms with E-state index >= 15 is 0 Å². The lowest BCUT2D eigenvalue weighted by atomic mass is 9.97. The number of ketones is 1. The minimum atomic E-state index is 0.0480. The van der Waals surface area contributed by atoms with Crippen LogP contribution in [0, 0.1) is 5.92 Å². The monoisotopic (exact) mass is 256 g/mol. The Hall–Kier alpha value is -1.74. The number of rotatable bonds is 6. The number of nitrogens with one attached hydrogen (secondary N) is 1. The van der Waals surface area contributed by atoms with Gasteiger partial charge in [-0.1, -0.05) is 32.0 Å². The van der Waals surface area contributed by atoms with Crippen molar-refractivity contribution in [1.29, 1.82) is 0 Å². The number of pyridine rings is 1. The van der Waals surface area contributed by atoms with Crippen LogP contribution in [0.4, 0.5) is 0 Å². The first-order chi connectivity index (χ1) is 9.22. The van der Waals surface area contributed by atoms with Crippen LogP contribution in [0.15, 0.2) is 36.5 Å². The van der Waals surface area contributed by atoms with Gasteiger partial charge in [-0.3, -0.25) is 9.78 Å². The maximum atomic E-state index is 12.2. The highest BCUT2D eigenvalue weighted by Gasteiger charge is 2.14. The second kappa shape index (κ2) is 6.43. The topological polar surface area (TPSA) is 42.0 Å². The summed E-state index contributed by atoms with van der Waals surface area (Å²) < 4.78 is 0. The van der Waals surface area contributed by atoms with E-state index in [2.05, 4.69) is 10.3 Å². The third kappa shape index (κ3) is 3.38. The molecule has 0 radical (unpaired) electrons. The number of fused-ring (bicyclic) bond motifs is 1. The van der Waals surface area contributed by atoms with Crippen LogP contribution in [0.3, 0.4) is 0 Å². The van der Waals surface area contributed by atoms with Crippen LogP contribution in [0.25, 0.3) is 10.9 Å². The summed E-state index contributed by atoms with van der Waals surface area (Å²) in [5.74, 6) is 0.323. The fourth-order valence-electron chi connectivity index (χ4n) is 2.15. The minimum Gasteiger partial charge on any atom is -0.316 e. The number of Topliss-reactive ketones (excluding diaryl/α,β-unsaturated/α-hetero) is 1. The van der Waals surface area contributed by atoms with Gasteiger partial charge in [0.15, 0.2) is 0 Å². The lowest BCUT2D eigenvalue weighted by Gasteiger charge is -2.11. The Labute approximate surface area is 114 Å². The van der Waals surface area contributed by atoms with E-state index in [0.29, 0.717) is 6.42 Å². The molecule has 19 heavy (non-hydrogen) atoms. The molecule has 0 spiro atoms. The third-order valence-corrected chi connectivity index (χ3v) is 3.35. The largest absolute Gasteiger partial charge is 0.316 e. The first kappa shape index (κ1) is 13.7. The number of carbonyl (C=O) groups is 1. The van der Waals surface area contributed by atoms with Crippen molar-refractivity contribution in [2.24, 2.45) is 5.92 Å². The fourth-order valence-corrected chi connectivity index (χ4v) is 2.15. The molecular formula is C16H20N2O. The summed E-state index contributed by atoms with van der Waals surface area (Å²) in [6.07, 6.45) is 2.26. The van der Waals surface area contributed by atoms with E-state index in [1.54, 1.807) is 6.20 Å². The van der Waals surface area contributed by atoms with Crippen molar-refractivity contribution in [3.63, 3.8) is 0 Å². The molecule has 0 saturated carbocycles. The second-order valence-electron chi connectivity index (χ2n) is 4.84. The molecule has 1 atom stereocenters.